The number of likely N-dealkylation sites (N-methyl/N-ethyl adjacent to an activating group) is 1. The van der Waals surface area contributed by atoms with E-state index in [0.29, 0.717) is 5.76 Å². The topological polar surface area (TPSA) is 61.6 Å². The normalized spacial score (nSPS) is 18.5. The molecule has 2 aliphatic rings. The van der Waals surface area contributed by atoms with Crippen molar-refractivity contribution in [3.8, 4) is 0 Å². The van der Waals surface area contributed by atoms with Crippen LogP contribution in [0.3, 0.4) is 0 Å². The van der Waals surface area contributed by atoms with Gasteiger partial charge >= 0.3 is 0 Å². The summed E-state index contributed by atoms with van der Waals surface area (Å²) >= 11 is 1.75. The molecule has 0 aromatic carbocycles. The summed E-state index contributed by atoms with van der Waals surface area (Å²) in [5.41, 5.74) is 3.95. The second kappa shape index (κ2) is 8.94. The van der Waals surface area contributed by atoms with Crippen LogP contribution in [0.2, 0.25) is 0 Å². The third-order valence-corrected chi connectivity index (χ3v) is 7.61. The summed E-state index contributed by atoms with van der Waals surface area (Å²) in [5, 5.41) is 4.17. The molecule has 1 N–H and O–H groups in total. The number of furan rings is 1. The number of piperazine rings is 1. The van der Waals surface area contributed by atoms with Crippen LogP contribution in [-0.2, 0) is 12.8 Å². The number of carbonyl (C=O) groups excluding carboxylic acids is 1. The fourth-order valence-electron chi connectivity index (χ4n) is 4.73. The molecule has 1 aliphatic carbocycles. The van der Waals surface area contributed by atoms with E-state index >= 15 is 0 Å². The molecule has 1 fully saturated rings. The number of carbonyl (C=O) groups is 1. The first-order valence-corrected chi connectivity index (χ1v) is 11.8. The van der Waals surface area contributed by atoms with Gasteiger partial charge < -0.3 is 14.6 Å². The van der Waals surface area contributed by atoms with Gasteiger partial charge in [0.05, 0.1) is 12.3 Å². The van der Waals surface area contributed by atoms with Gasteiger partial charge in [-0.05, 0) is 68.1 Å². The fraction of sp³-hybridized carbons (Fsp3) is 0.417. The predicted octanol–water partition coefficient (Wildman–Crippen LogP) is 4.20. The van der Waals surface area contributed by atoms with E-state index in [-0.39, 0.29) is 11.9 Å². The average Bonchev–Trinajstić information content (AvgIpc) is 3.45. The van der Waals surface area contributed by atoms with Crippen LogP contribution in [0.5, 0.6) is 0 Å². The molecule has 4 heterocycles. The maximum atomic E-state index is 12.9. The monoisotopic (exact) mass is 436 g/mol. The zero-order chi connectivity index (χ0) is 21.2. The molecular formula is C24H28N4O2S. The van der Waals surface area contributed by atoms with E-state index in [1.165, 1.54) is 34.4 Å². The SMILES string of the molecule is CN1CCN(C(c2ccncc2)c2c(NC(=O)c3ccco3)sc3c2CCCC3)CC1. The Morgan fingerprint density at radius 3 is 2.65 bits per heavy atom. The van der Waals surface area contributed by atoms with Gasteiger partial charge in [-0.25, -0.2) is 0 Å². The number of aryl methyl sites for hydroxylation is 1. The van der Waals surface area contributed by atoms with Crippen LogP contribution in [0, 0.1) is 0 Å². The molecule has 3 aromatic heterocycles. The summed E-state index contributed by atoms with van der Waals surface area (Å²) < 4.78 is 5.35. The largest absolute Gasteiger partial charge is 0.459 e. The zero-order valence-corrected chi connectivity index (χ0v) is 18.7. The van der Waals surface area contributed by atoms with Crippen molar-refractivity contribution in [1.82, 2.24) is 14.8 Å². The van der Waals surface area contributed by atoms with Gasteiger partial charge in [0, 0.05) is 49.0 Å². The highest BCUT2D eigenvalue weighted by atomic mass is 32.1. The van der Waals surface area contributed by atoms with Gasteiger partial charge in [0.15, 0.2) is 5.76 Å². The third-order valence-electron chi connectivity index (χ3n) is 6.38. The average molecular weight is 437 g/mol. The number of aromatic nitrogens is 1. The zero-order valence-electron chi connectivity index (χ0n) is 17.8. The van der Waals surface area contributed by atoms with Gasteiger partial charge in [0.25, 0.3) is 5.91 Å². The molecule has 5 rings (SSSR count). The summed E-state index contributed by atoms with van der Waals surface area (Å²) in [5.74, 6) is 0.161. The van der Waals surface area contributed by atoms with Gasteiger partial charge in [-0.15, -0.1) is 11.3 Å². The Kier molecular flexibility index (Phi) is 5.89. The highest BCUT2D eigenvalue weighted by molar-refractivity contribution is 7.16. The number of amides is 1. The summed E-state index contributed by atoms with van der Waals surface area (Å²) in [6.45, 7) is 4.09. The fourth-order valence-corrected chi connectivity index (χ4v) is 6.05. The number of nitrogens with one attached hydrogen (secondary N) is 1. The molecule has 1 amide bonds. The predicted molar refractivity (Wildman–Crippen MR) is 123 cm³/mol. The van der Waals surface area contributed by atoms with Crippen LogP contribution in [0.1, 0.15) is 51.0 Å². The van der Waals surface area contributed by atoms with Crippen molar-refractivity contribution in [2.45, 2.75) is 31.7 Å². The van der Waals surface area contributed by atoms with Gasteiger partial charge in [0.1, 0.15) is 5.00 Å². The van der Waals surface area contributed by atoms with Crippen molar-refractivity contribution >= 4 is 22.2 Å². The van der Waals surface area contributed by atoms with Crippen LogP contribution in [-0.4, -0.2) is 53.9 Å². The Hall–Kier alpha value is -2.48. The molecule has 7 heteroatoms. The molecule has 1 atom stereocenters. The molecule has 1 saturated heterocycles. The Morgan fingerprint density at radius 1 is 1.13 bits per heavy atom. The van der Waals surface area contributed by atoms with E-state index in [2.05, 4.69) is 39.3 Å². The molecule has 0 spiro atoms. The summed E-state index contributed by atoms with van der Waals surface area (Å²) in [4.78, 5) is 23.5. The number of rotatable bonds is 5. The number of pyridine rings is 1. The first-order valence-electron chi connectivity index (χ1n) is 11.0. The maximum Gasteiger partial charge on any atom is 0.291 e. The van der Waals surface area contributed by atoms with Crippen molar-refractivity contribution in [1.29, 1.82) is 0 Å². The van der Waals surface area contributed by atoms with Gasteiger partial charge in [-0.3, -0.25) is 14.7 Å². The van der Waals surface area contributed by atoms with Crippen LogP contribution < -0.4 is 5.32 Å². The highest BCUT2D eigenvalue weighted by Gasteiger charge is 2.33. The lowest BCUT2D eigenvalue weighted by Gasteiger charge is -2.39. The minimum Gasteiger partial charge on any atom is -0.459 e. The summed E-state index contributed by atoms with van der Waals surface area (Å²) in [6.07, 6.45) is 9.87. The number of fused-ring (bicyclic) bond motifs is 1. The lowest BCUT2D eigenvalue weighted by atomic mass is 9.88. The quantitative estimate of drug-likeness (QED) is 0.649. The van der Waals surface area contributed by atoms with Crippen LogP contribution in [0.15, 0.2) is 47.3 Å². The standard InChI is InChI=1S/C24H28N4O2S/c1-27-12-14-28(15-13-27)22(17-8-10-25-11-9-17)21-18-5-2-3-7-20(18)31-24(21)26-23(29)19-6-4-16-30-19/h4,6,8-11,16,22H,2-3,5,7,12-15H2,1H3,(H,26,29). The third kappa shape index (κ3) is 4.18. The van der Waals surface area contributed by atoms with Crippen molar-refractivity contribution < 1.29 is 9.21 Å². The molecule has 6 nitrogen and oxygen atoms in total. The lowest BCUT2D eigenvalue weighted by molar-refractivity contribution is 0.0996. The molecule has 1 aliphatic heterocycles. The first kappa shape index (κ1) is 20.4. The number of anilines is 1. The Labute approximate surface area is 186 Å². The van der Waals surface area contributed by atoms with E-state index in [4.69, 9.17) is 4.42 Å². The minimum absolute atomic E-state index is 0.113. The molecule has 0 bridgehead atoms. The summed E-state index contributed by atoms with van der Waals surface area (Å²) in [6, 6.07) is 7.81. The van der Waals surface area contributed by atoms with Crippen LogP contribution in [0.25, 0.3) is 0 Å². The lowest BCUT2D eigenvalue weighted by Crippen LogP contribution is -2.46. The smallest absolute Gasteiger partial charge is 0.291 e. The number of nitrogens with zero attached hydrogens (tertiary/aromatic N) is 3. The van der Waals surface area contributed by atoms with E-state index in [1.807, 2.05) is 12.4 Å². The van der Waals surface area contributed by atoms with Crippen molar-refractivity contribution in [2.24, 2.45) is 0 Å². The minimum atomic E-state index is -0.184. The number of thiophene rings is 1. The Balaban J connectivity index is 1.59. The van der Waals surface area contributed by atoms with E-state index in [9.17, 15) is 4.79 Å². The number of hydrogen-bond donors (Lipinski definition) is 1. The van der Waals surface area contributed by atoms with Crippen LogP contribution >= 0.6 is 11.3 Å². The molecule has 1 unspecified atom stereocenters. The van der Waals surface area contributed by atoms with Crippen molar-refractivity contribution in [3.05, 3.63) is 70.3 Å². The van der Waals surface area contributed by atoms with E-state index < -0.39 is 0 Å². The van der Waals surface area contributed by atoms with Gasteiger partial charge in [-0.1, -0.05) is 0 Å². The number of hydrogen-bond acceptors (Lipinski definition) is 6. The summed E-state index contributed by atoms with van der Waals surface area (Å²) in [7, 11) is 2.18. The molecule has 0 radical (unpaired) electrons. The second-order valence-electron chi connectivity index (χ2n) is 8.41. The van der Waals surface area contributed by atoms with E-state index in [0.717, 1.165) is 44.0 Å². The molecular weight excluding hydrogens is 408 g/mol. The molecule has 31 heavy (non-hydrogen) atoms. The molecule has 162 valence electrons. The first-order chi connectivity index (χ1) is 15.2. The molecule has 0 saturated carbocycles. The van der Waals surface area contributed by atoms with Crippen molar-refractivity contribution in [2.75, 3.05) is 38.5 Å². The highest BCUT2D eigenvalue weighted by Crippen LogP contribution is 2.45. The Bertz CT molecular complexity index is 1020. The van der Waals surface area contributed by atoms with Crippen molar-refractivity contribution in [3.63, 3.8) is 0 Å². The van der Waals surface area contributed by atoms with Gasteiger partial charge in [-0.2, -0.15) is 0 Å². The maximum absolute atomic E-state index is 12.9. The van der Waals surface area contributed by atoms with E-state index in [1.54, 1.807) is 29.7 Å². The molecule has 3 aromatic rings. The Morgan fingerprint density at radius 2 is 1.90 bits per heavy atom. The van der Waals surface area contributed by atoms with Gasteiger partial charge in [0.2, 0.25) is 0 Å². The van der Waals surface area contributed by atoms with Crippen LogP contribution in [0.4, 0.5) is 5.00 Å². The second-order valence-corrected chi connectivity index (χ2v) is 9.51.